The Morgan fingerprint density at radius 2 is 1.68 bits per heavy atom. The summed E-state index contributed by atoms with van der Waals surface area (Å²) in [6.45, 7) is 4.09. The molecule has 0 saturated carbocycles. The number of nitrogens with one attached hydrogen (secondary N) is 1. The van der Waals surface area contributed by atoms with E-state index in [4.69, 9.17) is 27.9 Å². The first-order valence-corrected chi connectivity index (χ1v) is 9.91. The zero-order chi connectivity index (χ0) is 20.5. The monoisotopic (exact) mass is 422 g/mol. The quantitative estimate of drug-likeness (QED) is 0.654. The number of rotatable bonds is 9. The molecule has 0 saturated heterocycles. The van der Waals surface area contributed by atoms with Crippen LogP contribution in [-0.2, 0) is 16.1 Å². The van der Waals surface area contributed by atoms with Gasteiger partial charge in [-0.05, 0) is 37.6 Å². The van der Waals surface area contributed by atoms with E-state index in [2.05, 4.69) is 5.32 Å². The van der Waals surface area contributed by atoms with Gasteiger partial charge in [0.15, 0.2) is 6.61 Å². The maximum atomic E-state index is 13.0. The second-order valence-corrected chi connectivity index (χ2v) is 6.96. The number of hydrogen-bond donors (Lipinski definition) is 1. The first kappa shape index (κ1) is 22.1. The minimum Gasteiger partial charge on any atom is -0.484 e. The lowest BCUT2D eigenvalue weighted by Gasteiger charge is -2.31. The van der Waals surface area contributed by atoms with E-state index in [1.807, 2.05) is 32.0 Å². The van der Waals surface area contributed by atoms with Crippen LogP contribution in [0.25, 0.3) is 0 Å². The molecule has 7 heteroatoms. The fourth-order valence-electron chi connectivity index (χ4n) is 2.81. The Balaban J connectivity index is 2.26. The molecule has 1 atom stereocenters. The summed E-state index contributed by atoms with van der Waals surface area (Å²) >= 11 is 12.6. The van der Waals surface area contributed by atoms with E-state index < -0.39 is 6.04 Å². The molecule has 2 aromatic rings. The van der Waals surface area contributed by atoms with Gasteiger partial charge in [-0.3, -0.25) is 9.59 Å². The summed E-state index contributed by atoms with van der Waals surface area (Å²) in [5, 5.41) is 3.67. The summed E-state index contributed by atoms with van der Waals surface area (Å²) in [6.07, 6.45) is 0.449. The van der Waals surface area contributed by atoms with Crippen LogP contribution in [0.5, 0.6) is 5.75 Å². The van der Waals surface area contributed by atoms with Crippen LogP contribution < -0.4 is 10.1 Å². The topological polar surface area (TPSA) is 58.6 Å². The van der Waals surface area contributed by atoms with Gasteiger partial charge in [0.25, 0.3) is 5.91 Å². The number of carbonyl (C=O) groups is 2. The average Bonchev–Trinajstić information content (AvgIpc) is 2.69. The Kier molecular flexibility index (Phi) is 8.61. The molecule has 1 N–H and O–H groups in total. The normalized spacial score (nSPS) is 11.6. The van der Waals surface area contributed by atoms with Gasteiger partial charge in [0.2, 0.25) is 5.91 Å². The summed E-state index contributed by atoms with van der Waals surface area (Å²) in [5.74, 6) is 0.0387. The molecule has 0 heterocycles. The number of carbonyl (C=O) groups excluding carboxylic acids is 2. The zero-order valence-corrected chi connectivity index (χ0v) is 17.5. The van der Waals surface area contributed by atoms with Gasteiger partial charge in [-0.2, -0.15) is 0 Å². The molecular weight excluding hydrogens is 399 g/mol. The van der Waals surface area contributed by atoms with Crippen molar-refractivity contribution in [3.63, 3.8) is 0 Å². The van der Waals surface area contributed by atoms with E-state index in [0.29, 0.717) is 34.3 Å². The molecule has 2 aromatic carbocycles. The van der Waals surface area contributed by atoms with Gasteiger partial charge in [0.05, 0.1) is 0 Å². The minimum absolute atomic E-state index is 0.116. The highest BCUT2D eigenvalue weighted by molar-refractivity contribution is 6.36. The number of nitrogens with zero attached hydrogens (tertiary/aromatic N) is 1. The standard InChI is InChI=1S/C21H24Cl2N2O3/c1-3-19(21(27)24-4-2)25(13-16-17(22)11-8-12-18(16)23)20(26)14-28-15-9-6-5-7-10-15/h5-12,19H,3-4,13-14H2,1-2H3,(H,24,27). The Morgan fingerprint density at radius 3 is 2.25 bits per heavy atom. The fourth-order valence-corrected chi connectivity index (χ4v) is 3.33. The van der Waals surface area contributed by atoms with E-state index in [9.17, 15) is 9.59 Å². The SMILES string of the molecule is CCNC(=O)C(CC)N(Cc1c(Cl)cccc1Cl)C(=O)COc1ccccc1. The third-order valence-corrected chi connectivity index (χ3v) is 4.94. The maximum absolute atomic E-state index is 13.0. The molecule has 0 aliphatic rings. The molecule has 0 radical (unpaired) electrons. The van der Waals surface area contributed by atoms with Gasteiger partial charge < -0.3 is 15.0 Å². The number of likely N-dealkylation sites (N-methyl/N-ethyl adjacent to an activating group) is 1. The van der Waals surface area contributed by atoms with Crippen molar-refractivity contribution >= 4 is 35.0 Å². The molecule has 0 aromatic heterocycles. The molecule has 150 valence electrons. The van der Waals surface area contributed by atoms with Gasteiger partial charge in [0.1, 0.15) is 11.8 Å². The third kappa shape index (κ3) is 5.88. The molecule has 0 aliphatic carbocycles. The lowest BCUT2D eigenvalue weighted by molar-refractivity contribution is -0.142. The molecular formula is C21H24Cl2N2O3. The van der Waals surface area contributed by atoms with Crippen molar-refractivity contribution in [2.75, 3.05) is 13.2 Å². The molecule has 1 unspecified atom stereocenters. The van der Waals surface area contributed by atoms with Crippen LogP contribution in [0, 0.1) is 0 Å². The van der Waals surface area contributed by atoms with Crippen molar-refractivity contribution in [3.8, 4) is 5.75 Å². The van der Waals surface area contributed by atoms with Crippen molar-refractivity contribution in [3.05, 3.63) is 64.1 Å². The number of benzene rings is 2. The van der Waals surface area contributed by atoms with Gasteiger partial charge in [-0.15, -0.1) is 0 Å². The minimum atomic E-state index is -0.654. The highest BCUT2D eigenvalue weighted by Crippen LogP contribution is 2.27. The largest absolute Gasteiger partial charge is 0.484 e. The Morgan fingerprint density at radius 1 is 1.04 bits per heavy atom. The number of para-hydroxylation sites is 1. The van der Waals surface area contributed by atoms with Crippen LogP contribution in [0.4, 0.5) is 0 Å². The molecule has 0 aliphatic heterocycles. The first-order valence-electron chi connectivity index (χ1n) is 9.15. The Bertz CT molecular complexity index is 779. The van der Waals surface area contributed by atoms with E-state index in [-0.39, 0.29) is 25.0 Å². The van der Waals surface area contributed by atoms with E-state index in [1.165, 1.54) is 4.90 Å². The lowest BCUT2D eigenvalue weighted by Crippen LogP contribution is -2.50. The number of hydrogen-bond acceptors (Lipinski definition) is 3. The molecule has 28 heavy (non-hydrogen) atoms. The highest BCUT2D eigenvalue weighted by Gasteiger charge is 2.29. The highest BCUT2D eigenvalue weighted by atomic mass is 35.5. The predicted octanol–water partition coefficient (Wildman–Crippen LogP) is 4.32. The third-order valence-electron chi connectivity index (χ3n) is 4.23. The van der Waals surface area contributed by atoms with E-state index >= 15 is 0 Å². The summed E-state index contributed by atoms with van der Waals surface area (Å²) in [7, 11) is 0. The van der Waals surface area contributed by atoms with E-state index in [1.54, 1.807) is 30.3 Å². The van der Waals surface area contributed by atoms with E-state index in [0.717, 1.165) is 0 Å². The van der Waals surface area contributed by atoms with Crippen molar-refractivity contribution in [1.82, 2.24) is 10.2 Å². The average molecular weight is 423 g/mol. The van der Waals surface area contributed by atoms with Crippen LogP contribution in [-0.4, -0.2) is 35.9 Å². The summed E-state index contributed by atoms with van der Waals surface area (Å²) in [6, 6.07) is 13.5. The van der Waals surface area contributed by atoms with Gasteiger partial charge in [0, 0.05) is 28.7 Å². The predicted molar refractivity (Wildman–Crippen MR) is 112 cm³/mol. The van der Waals surface area contributed by atoms with Crippen LogP contribution in [0.15, 0.2) is 48.5 Å². The number of amides is 2. The molecule has 0 spiro atoms. The summed E-state index contributed by atoms with van der Waals surface area (Å²) in [4.78, 5) is 27.0. The molecule has 2 rings (SSSR count). The smallest absolute Gasteiger partial charge is 0.261 e. The second kappa shape index (κ2) is 10.9. The number of ether oxygens (including phenoxy) is 1. The molecule has 0 bridgehead atoms. The van der Waals surface area contributed by atoms with Crippen LogP contribution in [0.3, 0.4) is 0 Å². The van der Waals surface area contributed by atoms with Crippen molar-refractivity contribution in [1.29, 1.82) is 0 Å². The lowest BCUT2D eigenvalue weighted by atomic mass is 10.1. The molecule has 0 fully saturated rings. The van der Waals surface area contributed by atoms with Crippen molar-refractivity contribution in [2.45, 2.75) is 32.9 Å². The van der Waals surface area contributed by atoms with Gasteiger partial charge >= 0.3 is 0 Å². The Hall–Kier alpha value is -2.24. The van der Waals surface area contributed by atoms with Crippen LogP contribution >= 0.6 is 23.2 Å². The van der Waals surface area contributed by atoms with Crippen LogP contribution in [0.2, 0.25) is 10.0 Å². The van der Waals surface area contributed by atoms with Crippen LogP contribution in [0.1, 0.15) is 25.8 Å². The number of halogens is 2. The fraction of sp³-hybridized carbons (Fsp3) is 0.333. The zero-order valence-electron chi connectivity index (χ0n) is 16.0. The summed E-state index contributed by atoms with van der Waals surface area (Å²) in [5.41, 5.74) is 0.599. The van der Waals surface area contributed by atoms with Gasteiger partial charge in [-0.25, -0.2) is 0 Å². The Labute approximate surface area is 175 Å². The second-order valence-electron chi connectivity index (χ2n) is 6.14. The summed E-state index contributed by atoms with van der Waals surface area (Å²) < 4.78 is 5.59. The first-order chi connectivity index (χ1) is 13.5. The molecule has 5 nitrogen and oxygen atoms in total. The molecule has 2 amide bonds. The maximum Gasteiger partial charge on any atom is 0.261 e. The van der Waals surface area contributed by atoms with Crippen molar-refractivity contribution in [2.24, 2.45) is 0 Å². The van der Waals surface area contributed by atoms with Crippen molar-refractivity contribution < 1.29 is 14.3 Å². The van der Waals surface area contributed by atoms with Gasteiger partial charge in [-0.1, -0.05) is 54.4 Å².